The number of nitrogens with zero attached hydrogens (tertiary/aromatic N) is 3. The van der Waals surface area contributed by atoms with Gasteiger partial charge in [0, 0.05) is 72.0 Å². The van der Waals surface area contributed by atoms with E-state index in [9.17, 15) is 0 Å². The highest BCUT2D eigenvalue weighted by molar-refractivity contribution is 6.38. The first kappa shape index (κ1) is 29.4. The summed E-state index contributed by atoms with van der Waals surface area (Å²) in [6, 6.07) is 12.5. The summed E-state index contributed by atoms with van der Waals surface area (Å²) < 4.78 is 2.28. The van der Waals surface area contributed by atoms with Crippen LogP contribution in [0, 0.1) is 0 Å². The molecule has 37 heavy (non-hydrogen) atoms. The Balaban J connectivity index is 2.27. The largest absolute Gasteiger partial charge is 0.372 e. The van der Waals surface area contributed by atoms with Crippen molar-refractivity contribution in [3.8, 4) is 0 Å². The normalized spacial score (nSPS) is 13.1. The predicted octanol–water partition coefficient (Wildman–Crippen LogP) is 8.67. The minimum absolute atomic E-state index is 0.673. The Bertz CT molecular complexity index is 1160. The molecule has 0 heterocycles. The van der Waals surface area contributed by atoms with Gasteiger partial charge in [0.15, 0.2) is 0 Å². The Morgan fingerprint density at radius 1 is 0.676 bits per heavy atom. The summed E-state index contributed by atoms with van der Waals surface area (Å²) in [5.41, 5.74) is 6.97. The van der Waals surface area contributed by atoms with Crippen molar-refractivity contribution < 1.29 is 4.58 Å². The van der Waals surface area contributed by atoms with Crippen LogP contribution in [-0.4, -0.2) is 49.6 Å². The summed E-state index contributed by atoms with van der Waals surface area (Å²) in [5.74, 6) is 0. The first-order chi connectivity index (χ1) is 17.8. The molecule has 1 aliphatic rings. The molecule has 0 spiro atoms. The standard InChI is InChI=1S/C31H39Cl3N3/c1-7-35(8-2)22-13-16-25(28(32)19-22)31(26-17-14-23(20-29(26)33)36(9-3)10-4)27-18-15-24(21-30(27)34)37(11-5)12-6/h13-21H,7-12H2,1-6H3/q+1. The molecule has 0 fully saturated rings. The Hall–Kier alpha value is -2.20. The van der Waals surface area contributed by atoms with Crippen molar-refractivity contribution in [1.82, 2.24) is 0 Å². The Labute approximate surface area is 238 Å². The lowest BCUT2D eigenvalue weighted by Crippen LogP contribution is -2.22. The molecule has 198 valence electrons. The van der Waals surface area contributed by atoms with E-state index in [2.05, 4.69) is 92.3 Å². The fourth-order valence-corrected chi connectivity index (χ4v) is 5.72. The summed E-state index contributed by atoms with van der Waals surface area (Å²) in [5, 5.41) is 2.02. The van der Waals surface area contributed by atoms with Crippen molar-refractivity contribution in [2.45, 2.75) is 41.5 Å². The highest BCUT2D eigenvalue weighted by Gasteiger charge is 2.23. The summed E-state index contributed by atoms with van der Waals surface area (Å²) in [4.78, 5) is 4.57. The lowest BCUT2D eigenvalue weighted by atomic mass is 9.90. The molecular formula is C31H39Cl3N3+. The molecule has 0 saturated heterocycles. The van der Waals surface area contributed by atoms with E-state index in [4.69, 9.17) is 34.8 Å². The van der Waals surface area contributed by atoms with E-state index in [0.29, 0.717) is 15.1 Å². The number of anilines is 2. The molecule has 2 aromatic carbocycles. The molecule has 0 aliphatic heterocycles. The smallest absolute Gasteiger partial charge is 0.201 e. The summed E-state index contributed by atoms with van der Waals surface area (Å²) in [7, 11) is 0. The van der Waals surface area contributed by atoms with E-state index < -0.39 is 0 Å². The van der Waals surface area contributed by atoms with Crippen LogP contribution in [-0.2, 0) is 0 Å². The monoisotopic (exact) mass is 558 g/mol. The predicted molar refractivity (Wildman–Crippen MR) is 165 cm³/mol. The number of allylic oxidation sites excluding steroid dienone is 5. The van der Waals surface area contributed by atoms with Crippen LogP contribution >= 0.6 is 34.8 Å². The molecule has 0 atom stereocenters. The van der Waals surface area contributed by atoms with Gasteiger partial charge in [0.1, 0.15) is 13.1 Å². The SMILES string of the molecule is CCN(CC)c1ccc(C(=C2C=CC(=[N+](CC)CC)C=C2Cl)c2ccc(N(CC)CC)cc2Cl)c(Cl)c1. The number of rotatable bonds is 10. The fraction of sp³-hybridized carbons (Fsp3) is 0.387. The third-order valence-corrected chi connectivity index (χ3v) is 7.99. The molecule has 0 aromatic heterocycles. The molecule has 0 saturated carbocycles. The molecular weight excluding hydrogens is 521 g/mol. The van der Waals surface area contributed by atoms with Gasteiger partial charge in [-0.15, -0.1) is 0 Å². The number of benzene rings is 2. The number of hydrogen-bond donors (Lipinski definition) is 0. The minimum atomic E-state index is 0.673. The zero-order chi connectivity index (χ0) is 27.1. The molecule has 3 nitrogen and oxygen atoms in total. The summed E-state index contributed by atoms with van der Waals surface area (Å²) >= 11 is 21.0. The van der Waals surface area contributed by atoms with Gasteiger partial charge in [0.2, 0.25) is 5.71 Å². The van der Waals surface area contributed by atoms with Crippen LogP contribution in [0.15, 0.2) is 65.2 Å². The van der Waals surface area contributed by atoms with E-state index in [1.54, 1.807) is 0 Å². The van der Waals surface area contributed by atoms with Crippen molar-refractivity contribution in [3.63, 3.8) is 0 Å². The van der Waals surface area contributed by atoms with Crippen LogP contribution in [0.1, 0.15) is 52.7 Å². The molecule has 0 bridgehead atoms. The molecule has 3 rings (SSSR count). The second kappa shape index (κ2) is 13.6. The summed E-state index contributed by atoms with van der Waals surface area (Å²) in [6.07, 6.45) is 6.26. The lowest BCUT2D eigenvalue weighted by Gasteiger charge is -2.24. The van der Waals surface area contributed by atoms with Gasteiger partial charge in [-0.3, -0.25) is 0 Å². The van der Waals surface area contributed by atoms with Crippen LogP contribution < -0.4 is 9.80 Å². The maximum absolute atomic E-state index is 6.99. The van der Waals surface area contributed by atoms with Crippen molar-refractivity contribution in [1.29, 1.82) is 0 Å². The van der Waals surface area contributed by atoms with Gasteiger partial charge in [-0.1, -0.05) is 46.9 Å². The van der Waals surface area contributed by atoms with Gasteiger partial charge in [0.05, 0.1) is 15.1 Å². The van der Waals surface area contributed by atoms with Crippen LogP contribution in [0.3, 0.4) is 0 Å². The Morgan fingerprint density at radius 3 is 1.49 bits per heavy atom. The van der Waals surface area contributed by atoms with E-state index in [1.807, 2.05) is 18.2 Å². The van der Waals surface area contributed by atoms with Gasteiger partial charge < -0.3 is 9.80 Å². The average molecular weight is 560 g/mol. The van der Waals surface area contributed by atoms with Crippen molar-refractivity contribution in [3.05, 3.63) is 86.4 Å². The van der Waals surface area contributed by atoms with Crippen LogP contribution in [0.25, 0.3) is 5.57 Å². The highest BCUT2D eigenvalue weighted by atomic mass is 35.5. The number of halogens is 3. The Kier molecular flexibility index (Phi) is 10.8. The second-order valence-corrected chi connectivity index (χ2v) is 10.1. The van der Waals surface area contributed by atoms with E-state index >= 15 is 0 Å². The molecule has 0 radical (unpaired) electrons. The van der Waals surface area contributed by atoms with Gasteiger partial charge in [-0.25, -0.2) is 4.58 Å². The van der Waals surface area contributed by atoms with Crippen LogP contribution in [0.5, 0.6) is 0 Å². The molecule has 0 amide bonds. The third kappa shape index (κ3) is 6.45. The van der Waals surface area contributed by atoms with Crippen molar-refractivity contribution in [2.24, 2.45) is 0 Å². The maximum Gasteiger partial charge on any atom is 0.201 e. The van der Waals surface area contributed by atoms with E-state index in [1.165, 1.54) is 0 Å². The second-order valence-electron chi connectivity index (χ2n) is 8.88. The quantitative estimate of drug-likeness (QED) is 0.269. The molecule has 6 heteroatoms. The highest BCUT2D eigenvalue weighted by Crippen LogP contribution is 2.42. The third-order valence-electron chi connectivity index (χ3n) is 7.05. The van der Waals surface area contributed by atoms with Crippen molar-refractivity contribution >= 4 is 57.5 Å². The number of hydrogen-bond acceptors (Lipinski definition) is 2. The molecule has 0 N–H and O–H groups in total. The van der Waals surface area contributed by atoms with Crippen LogP contribution in [0.2, 0.25) is 10.0 Å². The lowest BCUT2D eigenvalue weighted by molar-refractivity contribution is -0.519. The Morgan fingerprint density at radius 2 is 1.14 bits per heavy atom. The average Bonchev–Trinajstić information content (AvgIpc) is 2.89. The van der Waals surface area contributed by atoms with Gasteiger partial charge >= 0.3 is 0 Å². The zero-order valence-corrected chi connectivity index (χ0v) is 25.2. The van der Waals surface area contributed by atoms with Gasteiger partial charge in [-0.2, -0.15) is 0 Å². The van der Waals surface area contributed by atoms with Gasteiger partial charge in [0.25, 0.3) is 0 Å². The molecule has 0 unspecified atom stereocenters. The first-order valence-corrected chi connectivity index (χ1v) is 14.5. The fourth-order valence-electron chi connectivity index (χ4n) is 4.91. The molecule has 1 aliphatic carbocycles. The zero-order valence-electron chi connectivity index (χ0n) is 22.9. The summed E-state index contributed by atoms with van der Waals surface area (Å²) in [6.45, 7) is 18.4. The van der Waals surface area contributed by atoms with Crippen LogP contribution in [0.4, 0.5) is 11.4 Å². The first-order valence-electron chi connectivity index (χ1n) is 13.3. The minimum Gasteiger partial charge on any atom is -0.372 e. The van der Waals surface area contributed by atoms with Crippen molar-refractivity contribution in [2.75, 3.05) is 49.1 Å². The topological polar surface area (TPSA) is 9.49 Å². The van der Waals surface area contributed by atoms with E-state index in [-0.39, 0.29) is 0 Å². The molecule has 2 aromatic rings. The maximum atomic E-state index is 6.99. The van der Waals surface area contributed by atoms with Gasteiger partial charge in [-0.05, 0) is 71.9 Å². The van der Waals surface area contributed by atoms with E-state index in [0.717, 1.165) is 78.6 Å².